The van der Waals surface area contributed by atoms with Gasteiger partial charge in [0.1, 0.15) is 5.82 Å². The van der Waals surface area contributed by atoms with Gasteiger partial charge in [0.2, 0.25) is 5.95 Å². The van der Waals surface area contributed by atoms with Crippen molar-refractivity contribution in [3.8, 4) is 0 Å². The highest BCUT2D eigenvalue weighted by Crippen LogP contribution is 2.26. The zero-order valence-electron chi connectivity index (χ0n) is 17.9. The van der Waals surface area contributed by atoms with Crippen molar-refractivity contribution in [2.24, 2.45) is 0 Å². The first kappa shape index (κ1) is 20.1. The normalized spacial score (nSPS) is 18.8. The third kappa shape index (κ3) is 4.37. The van der Waals surface area contributed by atoms with Crippen LogP contribution >= 0.6 is 0 Å². The van der Waals surface area contributed by atoms with Crippen LogP contribution in [-0.2, 0) is 0 Å². The number of amides is 1. The number of fused-ring (bicyclic) bond motifs is 1. The fourth-order valence-corrected chi connectivity index (χ4v) is 4.12. The maximum atomic E-state index is 12.6. The molecular formula is C24H29N5O. The van der Waals surface area contributed by atoms with Gasteiger partial charge in [0.05, 0.1) is 5.52 Å². The summed E-state index contributed by atoms with van der Waals surface area (Å²) < 4.78 is 0. The lowest BCUT2D eigenvalue weighted by atomic mass is 9.91. The van der Waals surface area contributed by atoms with Gasteiger partial charge in [-0.05, 0) is 56.4 Å². The fourth-order valence-electron chi connectivity index (χ4n) is 4.12. The molecule has 0 saturated heterocycles. The molecule has 0 unspecified atom stereocenters. The number of para-hydroxylation sites is 1. The molecule has 1 fully saturated rings. The summed E-state index contributed by atoms with van der Waals surface area (Å²) in [7, 11) is 4.00. The highest BCUT2D eigenvalue weighted by molar-refractivity contribution is 5.95. The van der Waals surface area contributed by atoms with Gasteiger partial charge in [-0.2, -0.15) is 4.98 Å². The quantitative estimate of drug-likeness (QED) is 0.669. The van der Waals surface area contributed by atoms with Crippen LogP contribution in [0.2, 0.25) is 0 Å². The van der Waals surface area contributed by atoms with E-state index in [1.165, 1.54) is 0 Å². The largest absolute Gasteiger partial charge is 0.362 e. The van der Waals surface area contributed by atoms with Crippen LogP contribution in [0, 0.1) is 6.92 Å². The summed E-state index contributed by atoms with van der Waals surface area (Å²) in [5.74, 6) is 1.62. The van der Waals surface area contributed by atoms with Gasteiger partial charge >= 0.3 is 0 Å². The van der Waals surface area contributed by atoms with Crippen molar-refractivity contribution in [1.29, 1.82) is 0 Å². The first-order chi connectivity index (χ1) is 14.5. The Morgan fingerprint density at radius 2 is 1.60 bits per heavy atom. The molecule has 0 radical (unpaired) electrons. The standard InChI is InChI=1S/C24H29N5O/c1-16-8-4-5-9-19(16)23(30)25-17-12-14-18(15-13-17)26-24-27-21-11-7-6-10-20(21)22(28-24)29(2)3/h4-11,17-18H,12-15H2,1-3H3,(H,25,30)(H,26,27,28)/t17-,18+. The number of carbonyl (C=O) groups excluding carboxylic acids is 1. The molecule has 2 N–H and O–H groups in total. The van der Waals surface area contributed by atoms with Crippen molar-refractivity contribution >= 4 is 28.6 Å². The lowest BCUT2D eigenvalue weighted by Crippen LogP contribution is -2.40. The predicted molar refractivity (Wildman–Crippen MR) is 122 cm³/mol. The second kappa shape index (κ2) is 8.69. The van der Waals surface area contributed by atoms with Crippen molar-refractivity contribution in [1.82, 2.24) is 15.3 Å². The van der Waals surface area contributed by atoms with Gasteiger partial charge in [0.15, 0.2) is 0 Å². The van der Waals surface area contributed by atoms with Crippen molar-refractivity contribution in [2.45, 2.75) is 44.7 Å². The molecular weight excluding hydrogens is 374 g/mol. The highest BCUT2D eigenvalue weighted by Gasteiger charge is 2.24. The van der Waals surface area contributed by atoms with E-state index in [-0.39, 0.29) is 11.9 Å². The first-order valence-electron chi connectivity index (χ1n) is 10.6. The number of hydrogen-bond acceptors (Lipinski definition) is 5. The van der Waals surface area contributed by atoms with Crippen LogP contribution in [0.5, 0.6) is 0 Å². The van der Waals surface area contributed by atoms with Gasteiger partial charge in [-0.3, -0.25) is 4.79 Å². The Kier molecular flexibility index (Phi) is 5.84. The molecule has 0 atom stereocenters. The zero-order chi connectivity index (χ0) is 21.1. The molecule has 1 aliphatic rings. The monoisotopic (exact) mass is 403 g/mol. The van der Waals surface area contributed by atoms with Crippen molar-refractivity contribution in [3.63, 3.8) is 0 Å². The summed E-state index contributed by atoms with van der Waals surface area (Å²) in [6.45, 7) is 1.97. The van der Waals surface area contributed by atoms with Crippen LogP contribution in [-0.4, -0.2) is 42.1 Å². The minimum Gasteiger partial charge on any atom is -0.362 e. The van der Waals surface area contributed by atoms with Crippen LogP contribution in [0.4, 0.5) is 11.8 Å². The third-order valence-electron chi connectivity index (χ3n) is 5.79. The number of anilines is 2. The minimum absolute atomic E-state index is 0.0259. The lowest BCUT2D eigenvalue weighted by Gasteiger charge is -2.30. The van der Waals surface area contributed by atoms with Crippen molar-refractivity contribution in [2.75, 3.05) is 24.3 Å². The van der Waals surface area contributed by atoms with Gasteiger partial charge in [0.25, 0.3) is 5.91 Å². The van der Waals surface area contributed by atoms with Gasteiger partial charge in [-0.1, -0.05) is 30.3 Å². The van der Waals surface area contributed by atoms with Crippen LogP contribution in [0.1, 0.15) is 41.6 Å². The molecule has 1 amide bonds. The van der Waals surface area contributed by atoms with E-state index in [0.29, 0.717) is 12.0 Å². The number of hydrogen-bond donors (Lipinski definition) is 2. The molecule has 3 aromatic rings. The van der Waals surface area contributed by atoms with Crippen LogP contribution < -0.4 is 15.5 Å². The Balaban J connectivity index is 1.38. The number of rotatable bonds is 5. The first-order valence-corrected chi connectivity index (χ1v) is 10.6. The summed E-state index contributed by atoms with van der Waals surface area (Å²) in [4.78, 5) is 24.1. The Morgan fingerprint density at radius 3 is 2.33 bits per heavy atom. The number of aryl methyl sites for hydroxylation is 1. The SMILES string of the molecule is Cc1ccccc1C(=O)N[C@H]1CC[C@@H](Nc2nc(N(C)C)c3ccccc3n2)CC1. The maximum Gasteiger partial charge on any atom is 0.251 e. The molecule has 4 rings (SSSR count). The zero-order valence-corrected chi connectivity index (χ0v) is 17.9. The predicted octanol–water partition coefficient (Wildman–Crippen LogP) is 4.16. The molecule has 0 aliphatic heterocycles. The van der Waals surface area contributed by atoms with Crippen molar-refractivity contribution < 1.29 is 4.79 Å². The molecule has 1 heterocycles. The fraction of sp³-hybridized carbons (Fsp3) is 0.375. The number of carbonyl (C=O) groups is 1. The van der Waals surface area contributed by atoms with E-state index in [2.05, 4.69) is 16.7 Å². The van der Waals surface area contributed by atoms with E-state index in [1.54, 1.807) is 0 Å². The van der Waals surface area contributed by atoms with E-state index >= 15 is 0 Å². The molecule has 1 aromatic heterocycles. The molecule has 30 heavy (non-hydrogen) atoms. The van der Waals surface area contributed by atoms with Gasteiger partial charge in [-0.15, -0.1) is 0 Å². The van der Waals surface area contributed by atoms with Gasteiger partial charge in [0, 0.05) is 37.1 Å². The smallest absolute Gasteiger partial charge is 0.251 e. The Labute approximate surface area is 177 Å². The number of benzene rings is 2. The van der Waals surface area contributed by atoms with Crippen LogP contribution in [0.3, 0.4) is 0 Å². The minimum atomic E-state index is 0.0259. The summed E-state index contributed by atoms with van der Waals surface area (Å²) >= 11 is 0. The highest BCUT2D eigenvalue weighted by atomic mass is 16.1. The molecule has 1 aliphatic carbocycles. The van der Waals surface area contributed by atoms with E-state index in [4.69, 9.17) is 9.97 Å². The number of aromatic nitrogens is 2. The lowest BCUT2D eigenvalue weighted by molar-refractivity contribution is 0.0926. The second-order valence-electron chi connectivity index (χ2n) is 8.26. The molecule has 0 bridgehead atoms. The van der Waals surface area contributed by atoms with Crippen molar-refractivity contribution in [3.05, 3.63) is 59.7 Å². The molecule has 0 spiro atoms. The topological polar surface area (TPSA) is 70.2 Å². The van der Waals surface area contributed by atoms with Crippen LogP contribution in [0.25, 0.3) is 10.9 Å². The van der Waals surface area contributed by atoms with Gasteiger partial charge in [-0.25, -0.2) is 4.98 Å². The van der Waals surface area contributed by atoms with E-state index < -0.39 is 0 Å². The number of nitrogens with one attached hydrogen (secondary N) is 2. The number of nitrogens with zero attached hydrogens (tertiary/aromatic N) is 3. The van der Waals surface area contributed by atoms with Gasteiger partial charge < -0.3 is 15.5 Å². The molecule has 156 valence electrons. The van der Waals surface area contributed by atoms with Crippen LogP contribution in [0.15, 0.2) is 48.5 Å². The average Bonchev–Trinajstić information content (AvgIpc) is 2.74. The summed E-state index contributed by atoms with van der Waals surface area (Å²) in [5.41, 5.74) is 2.71. The Hall–Kier alpha value is -3.15. The molecule has 2 aromatic carbocycles. The molecule has 6 heteroatoms. The maximum absolute atomic E-state index is 12.6. The van der Waals surface area contributed by atoms with E-state index in [9.17, 15) is 4.79 Å². The summed E-state index contributed by atoms with van der Waals surface area (Å²) in [6.07, 6.45) is 3.85. The van der Waals surface area contributed by atoms with E-state index in [1.807, 2.05) is 68.4 Å². The third-order valence-corrected chi connectivity index (χ3v) is 5.79. The summed E-state index contributed by atoms with van der Waals surface area (Å²) in [5, 5.41) is 7.78. The summed E-state index contributed by atoms with van der Waals surface area (Å²) in [6, 6.07) is 16.3. The Morgan fingerprint density at radius 1 is 0.933 bits per heavy atom. The second-order valence-corrected chi connectivity index (χ2v) is 8.26. The van der Waals surface area contributed by atoms with E-state index in [0.717, 1.165) is 53.5 Å². The molecule has 1 saturated carbocycles. The Bertz CT molecular complexity index is 1040. The average molecular weight is 404 g/mol. The molecule has 6 nitrogen and oxygen atoms in total.